The maximum atomic E-state index is 12.4. The molecule has 276 valence electrons. The van der Waals surface area contributed by atoms with Crippen molar-refractivity contribution < 1.29 is 15.0 Å². The topological polar surface area (TPSA) is 69.6 Å². The van der Waals surface area contributed by atoms with Crippen molar-refractivity contribution in [2.45, 2.75) is 257 Å². The molecule has 0 aliphatic heterocycles. The standard InChI is InChI=1S/C42H85NO3/c1-3-5-7-9-11-13-15-17-18-19-20-21-22-23-24-26-28-30-32-34-36-38-42(46)43-40(39-44)41(45)37-35-33-31-29-27-25-16-14-12-10-8-6-4-2/h40-41,44-45H,3-39H2,1-2H3,(H,43,46)/t40-,41+/m0/s1. The monoisotopic (exact) mass is 652 g/mol. The molecule has 1 amide bonds. The van der Waals surface area contributed by atoms with E-state index in [9.17, 15) is 15.0 Å². The molecule has 0 unspecified atom stereocenters. The highest BCUT2D eigenvalue weighted by Gasteiger charge is 2.20. The quantitative estimate of drug-likeness (QED) is 0.0579. The molecule has 46 heavy (non-hydrogen) atoms. The maximum Gasteiger partial charge on any atom is 0.220 e. The van der Waals surface area contributed by atoms with Gasteiger partial charge in [0.15, 0.2) is 0 Å². The molecule has 0 radical (unpaired) electrons. The van der Waals surface area contributed by atoms with E-state index >= 15 is 0 Å². The lowest BCUT2D eigenvalue weighted by Gasteiger charge is -2.22. The van der Waals surface area contributed by atoms with Gasteiger partial charge in [-0.3, -0.25) is 4.79 Å². The first kappa shape index (κ1) is 45.4. The third-order valence-electron chi connectivity index (χ3n) is 10.1. The molecule has 3 N–H and O–H groups in total. The summed E-state index contributed by atoms with van der Waals surface area (Å²) in [5.74, 6) is -0.0266. The Balaban J connectivity index is 3.45. The average Bonchev–Trinajstić information content (AvgIpc) is 3.06. The van der Waals surface area contributed by atoms with Crippen LogP contribution < -0.4 is 5.32 Å². The fraction of sp³-hybridized carbons (Fsp3) is 0.976. The lowest BCUT2D eigenvalue weighted by molar-refractivity contribution is -0.123. The highest BCUT2D eigenvalue weighted by molar-refractivity contribution is 5.76. The van der Waals surface area contributed by atoms with Crippen molar-refractivity contribution in [1.82, 2.24) is 5.32 Å². The predicted octanol–water partition coefficient (Wildman–Crippen LogP) is 12.9. The Morgan fingerprint density at radius 1 is 0.435 bits per heavy atom. The maximum absolute atomic E-state index is 12.4. The van der Waals surface area contributed by atoms with Crippen LogP contribution in [0.25, 0.3) is 0 Å². The molecule has 4 nitrogen and oxygen atoms in total. The second kappa shape index (κ2) is 38.8. The third kappa shape index (κ3) is 34.7. The molecular formula is C42H85NO3. The molecule has 0 aliphatic rings. The summed E-state index contributed by atoms with van der Waals surface area (Å²) in [6.45, 7) is 4.37. The summed E-state index contributed by atoms with van der Waals surface area (Å²) in [5.41, 5.74) is 0. The number of hydrogen-bond donors (Lipinski definition) is 3. The zero-order chi connectivity index (χ0) is 33.6. The van der Waals surface area contributed by atoms with E-state index in [0.717, 1.165) is 25.7 Å². The molecule has 0 bridgehead atoms. The van der Waals surface area contributed by atoms with Crippen molar-refractivity contribution in [1.29, 1.82) is 0 Å². The summed E-state index contributed by atoms with van der Waals surface area (Å²) < 4.78 is 0. The van der Waals surface area contributed by atoms with Crippen LogP contribution in [0.5, 0.6) is 0 Å². The van der Waals surface area contributed by atoms with Gasteiger partial charge in [-0.1, -0.05) is 226 Å². The van der Waals surface area contributed by atoms with Gasteiger partial charge in [0.25, 0.3) is 0 Å². The minimum absolute atomic E-state index is 0.0266. The molecule has 0 spiro atoms. The molecule has 0 rings (SSSR count). The van der Waals surface area contributed by atoms with E-state index in [1.165, 1.54) is 193 Å². The molecule has 0 saturated heterocycles. The molecular weight excluding hydrogens is 566 g/mol. The lowest BCUT2D eigenvalue weighted by atomic mass is 10.0. The van der Waals surface area contributed by atoms with Crippen LogP contribution in [0.1, 0.15) is 245 Å². The lowest BCUT2D eigenvalue weighted by Crippen LogP contribution is -2.45. The summed E-state index contributed by atoms with van der Waals surface area (Å²) in [7, 11) is 0. The van der Waals surface area contributed by atoms with Crippen LogP contribution in [-0.4, -0.2) is 34.9 Å². The zero-order valence-electron chi connectivity index (χ0n) is 31.6. The SMILES string of the molecule is CCCCCCCCCCCCCCCCCCCCCCCC(=O)N[C@@H](CO)[C@H](O)CCCCCCCCCCCCCCC. The Hall–Kier alpha value is -0.610. The van der Waals surface area contributed by atoms with Gasteiger partial charge in [-0.2, -0.15) is 0 Å². The Kier molecular flexibility index (Phi) is 38.3. The third-order valence-corrected chi connectivity index (χ3v) is 10.1. The normalized spacial score (nSPS) is 12.9. The zero-order valence-corrected chi connectivity index (χ0v) is 31.6. The number of nitrogens with one attached hydrogen (secondary N) is 1. The van der Waals surface area contributed by atoms with Crippen LogP contribution in [0.2, 0.25) is 0 Å². The van der Waals surface area contributed by atoms with Crippen molar-refractivity contribution in [3.63, 3.8) is 0 Å². The summed E-state index contributed by atoms with van der Waals surface area (Å²) in [4.78, 5) is 12.4. The van der Waals surface area contributed by atoms with E-state index in [2.05, 4.69) is 19.2 Å². The minimum Gasteiger partial charge on any atom is -0.394 e. The number of aliphatic hydroxyl groups is 2. The summed E-state index contributed by atoms with van der Waals surface area (Å²) in [6.07, 6.45) is 46.0. The first-order valence-corrected chi connectivity index (χ1v) is 21.2. The van der Waals surface area contributed by atoms with E-state index in [0.29, 0.717) is 12.8 Å². The van der Waals surface area contributed by atoms with Crippen molar-refractivity contribution >= 4 is 5.91 Å². The second-order valence-corrected chi connectivity index (χ2v) is 14.8. The highest BCUT2D eigenvalue weighted by atomic mass is 16.3. The van der Waals surface area contributed by atoms with E-state index in [1.54, 1.807) is 0 Å². The number of amides is 1. The first-order chi connectivity index (χ1) is 22.7. The Labute approximate surface area is 289 Å². The summed E-state index contributed by atoms with van der Waals surface area (Å²) in [5, 5.41) is 23.1. The van der Waals surface area contributed by atoms with Gasteiger partial charge in [0.1, 0.15) is 0 Å². The van der Waals surface area contributed by atoms with Crippen LogP contribution in [0.15, 0.2) is 0 Å². The number of rotatable bonds is 39. The van der Waals surface area contributed by atoms with Crippen LogP contribution in [-0.2, 0) is 4.79 Å². The number of carbonyl (C=O) groups excluding carboxylic acids is 1. The molecule has 0 aromatic heterocycles. The summed E-state index contributed by atoms with van der Waals surface area (Å²) >= 11 is 0. The van der Waals surface area contributed by atoms with Gasteiger partial charge in [-0.05, 0) is 12.8 Å². The largest absolute Gasteiger partial charge is 0.394 e. The van der Waals surface area contributed by atoms with Gasteiger partial charge in [0.05, 0.1) is 18.8 Å². The van der Waals surface area contributed by atoms with Crippen LogP contribution in [0.4, 0.5) is 0 Å². The Bertz CT molecular complexity index is 583. The second-order valence-electron chi connectivity index (χ2n) is 14.8. The molecule has 0 aliphatic carbocycles. The van der Waals surface area contributed by atoms with Crippen molar-refractivity contribution in [2.75, 3.05) is 6.61 Å². The Morgan fingerprint density at radius 3 is 0.978 bits per heavy atom. The number of unbranched alkanes of at least 4 members (excludes halogenated alkanes) is 32. The summed E-state index contributed by atoms with van der Waals surface area (Å²) in [6, 6.07) is -0.528. The average molecular weight is 652 g/mol. The molecule has 2 atom stereocenters. The van der Waals surface area contributed by atoms with E-state index in [-0.39, 0.29) is 12.5 Å². The number of hydrogen-bond acceptors (Lipinski definition) is 3. The highest BCUT2D eigenvalue weighted by Crippen LogP contribution is 2.17. The van der Waals surface area contributed by atoms with E-state index < -0.39 is 12.1 Å². The molecule has 4 heteroatoms. The molecule has 0 fully saturated rings. The van der Waals surface area contributed by atoms with Gasteiger partial charge >= 0.3 is 0 Å². The van der Waals surface area contributed by atoms with Gasteiger partial charge in [-0.15, -0.1) is 0 Å². The van der Waals surface area contributed by atoms with Gasteiger partial charge in [0, 0.05) is 6.42 Å². The van der Waals surface area contributed by atoms with Crippen LogP contribution >= 0.6 is 0 Å². The van der Waals surface area contributed by atoms with Crippen molar-refractivity contribution in [2.24, 2.45) is 0 Å². The van der Waals surface area contributed by atoms with Crippen LogP contribution in [0.3, 0.4) is 0 Å². The predicted molar refractivity (Wildman–Crippen MR) is 203 cm³/mol. The van der Waals surface area contributed by atoms with Crippen molar-refractivity contribution in [3.8, 4) is 0 Å². The van der Waals surface area contributed by atoms with Gasteiger partial charge in [-0.25, -0.2) is 0 Å². The first-order valence-electron chi connectivity index (χ1n) is 21.2. The van der Waals surface area contributed by atoms with Crippen LogP contribution in [0, 0.1) is 0 Å². The minimum atomic E-state index is -0.652. The van der Waals surface area contributed by atoms with E-state index in [1.807, 2.05) is 0 Å². The fourth-order valence-corrected chi connectivity index (χ4v) is 6.83. The molecule has 0 heterocycles. The van der Waals surface area contributed by atoms with Gasteiger partial charge < -0.3 is 15.5 Å². The van der Waals surface area contributed by atoms with Crippen molar-refractivity contribution in [3.05, 3.63) is 0 Å². The molecule has 0 aromatic rings. The fourth-order valence-electron chi connectivity index (χ4n) is 6.83. The number of aliphatic hydroxyl groups excluding tert-OH is 2. The smallest absolute Gasteiger partial charge is 0.220 e. The van der Waals surface area contributed by atoms with Gasteiger partial charge in [0.2, 0.25) is 5.91 Å². The number of carbonyl (C=O) groups is 1. The van der Waals surface area contributed by atoms with E-state index in [4.69, 9.17) is 0 Å². The Morgan fingerprint density at radius 2 is 0.696 bits per heavy atom. The molecule has 0 saturated carbocycles. The molecule has 0 aromatic carbocycles.